The summed E-state index contributed by atoms with van der Waals surface area (Å²) < 4.78 is 8.24. The average molecular weight is 506 g/mol. The van der Waals surface area contributed by atoms with Gasteiger partial charge in [-0.25, -0.2) is 4.98 Å². The van der Waals surface area contributed by atoms with Gasteiger partial charge < -0.3 is 10.6 Å². The Morgan fingerprint density at radius 2 is 1.76 bits per heavy atom. The highest BCUT2D eigenvalue weighted by Crippen LogP contribution is 2.34. The lowest BCUT2D eigenvalue weighted by Crippen LogP contribution is -2.22. The summed E-state index contributed by atoms with van der Waals surface area (Å²) in [5.74, 6) is 7.31. The van der Waals surface area contributed by atoms with Gasteiger partial charge in [-0.1, -0.05) is 61.0 Å². The summed E-state index contributed by atoms with van der Waals surface area (Å²) in [5.41, 5.74) is 3.58. The van der Waals surface area contributed by atoms with E-state index < -0.39 is 0 Å². The Morgan fingerprint density at radius 1 is 1.06 bits per heavy atom. The molecule has 2 N–H and O–H groups in total. The molecule has 0 aliphatic heterocycles. The van der Waals surface area contributed by atoms with E-state index in [-0.39, 0.29) is 12.5 Å². The first kappa shape index (κ1) is 23.9. The number of imidazole rings is 1. The van der Waals surface area contributed by atoms with Crippen LogP contribution in [0.25, 0.3) is 17.1 Å². The molecule has 1 fully saturated rings. The van der Waals surface area contributed by atoms with Gasteiger partial charge in [0.05, 0.1) is 5.02 Å². The molecule has 1 aliphatic rings. The second kappa shape index (κ2) is 10.8. The van der Waals surface area contributed by atoms with E-state index in [0.717, 1.165) is 47.7 Å². The number of benzene rings is 2. The van der Waals surface area contributed by atoms with Crippen molar-refractivity contribution in [2.24, 2.45) is 16.9 Å². The summed E-state index contributed by atoms with van der Waals surface area (Å²) >= 11 is 18.9. The van der Waals surface area contributed by atoms with Crippen LogP contribution in [0.15, 0.2) is 47.6 Å². The van der Waals surface area contributed by atoms with Crippen LogP contribution < -0.4 is 5.84 Å². The van der Waals surface area contributed by atoms with Gasteiger partial charge >= 0.3 is 0 Å². The van der Waals surface area contributed by atoms with E-state index in [9.17, 15) is 0 Å². The summed E-state index contributed by atoms with van der Waals surface area (Å²) in [4.78, 5) is 4.97. The zero-order valence-corrected chi connectivity index (χ0v) is 20.8. The topological polar surface area (TPSA) is 65.4 Å². The van der Waals surface area contributed by atoms with Crippen molar-refractivity contribution in [3.8, 4) is 17.1 Å². The van der Waals surface area contributed by atoms with E-state index in [1.54, 1.807) is 6.07 Å². The number of halogens is 3. The molecule has 0 spiro atoms. The lowest BCUT2D eigenvalue weighted by molar-refractivity contribution is 0.247. The van der Waals surface area contributed by atoms with Crippen molar-refractivity contribution in [1.29, 1.82) is 0 Å². The minimum absolute atomic E-state index is 0.275. The summed E-state index contributed by atoms with van der Waals surface area (Å²) in [6.45, 7) is 2.38. The van der Waals surface area contributed by atoms with E-state index in [0.29, 0.717) is 21.0 Å². The Morgan fingerprint density at radius 3 is 2.39 bits per heavy atom. The molecule has 174 valence electrons. The Bertz CT molecular complexity index is 1140. The summed E-state index contributed by atoms with van der Waals surface area (Å²) in [7, 11) is 0. The number of nitrogens with two attached hydrogens (primary N) is 1. The monoisotopic (exact) mass is 504 g/mol. The zero-order chi connectivity index (χ0) is 23.4. The molecule has 2 aromatic carbocycles. The Labute approximate surface area is 209 Å². The van der Waals surface area contributed by atoms with Crippen LogP contribution in [0, 0.1) is 5.92 Å². The van der Waals surface area contributed by atoms with Crippen LogP contribution in [0.3, 0.4) is 0 Å². The number of hydrazone groups is 1. The molecular formula is C25H27Cl3N4O. The van der Waals surface area contributed by atoms with Crippen molar-refractivity contribution >= 4 is 40.7 Å². The molecule has 1 saturated carbocycles. The first-order chi connectivity index (χ1) is 16.0. The van der Waals surface area contributed by atoms with Gasteiger partial charge in [0.25, 0.3) is 0 Å². The van der Waals surface area contributed by atoms with Gasteiger partial charge in [-0.2, -0.15) is 0 Å². The highest BCUT2D eigenvalue weighted by atomic mass is 35.5. The van der Waals surface area contributed by atoms with Crippen molar-refractivity contribution in [2.75, 3.05) is 0 Å². The molecule has 1 heterocycles. The van der Waals surface area contributed by atoms with Gasteiger partial charge in [-0.15, -0.1) is 5.10 Å². The molecule has 8 heteroatoms. The molecule has 0 bridgehead atoms. The molecule has 0 atom stereocenters. The van der Waals surface area contributed by atoms with Crippen molar-refractivity contribution in [1.82, 2.24) is 9.55 Å². The van der Waals surface area contributed by atoms with E-state index in [2.05, 4.69) is 16.6 Å². The summed E-state index contributed by atoms with van der Waals surface area (Å²) in [6, 6.07) is 13.1. The van der Waals surface area contributed by atoms with Crippen LogP contribution in [0.4, 0.5) is 0 Å². The second-order valence-electron chi connectivity index (χ2n) is 8.21. The molecule has 0 unspecified atom stereocenters. The minimum atomic E-state index is 0.275. The minimum Gasteiger partial charge on any atom is -0.473 e. The fourth-order valence-electron chi connectivity index (χ4n) is 4.45. The predicted octanol–water partition coefficient (Wildman–Crippen LogP) is 7.43. The number of ether oxygens (including phenoxy) is 1. The summed E-state index contributed by atoms with van der Waals surface area (Å²) in [5, 5.41) is 5.74. The molecular weight excluding hydrogens is 479 g/mol. The number of hydrogen-bond donors (Lipinski definition) is 1. The van der Waals surface area contributed by atoms with E-state index in [1.165, 1.54) is 19.3 Å². The van der Waals surface area contributed by atoms with Crippen LogP contribution in [0.1, 0.15) is 50.4 Å². The largest absolute Gasteiger partial charge is 0.473 e. The highest BCUT2D eigenvalue weighted by Gasteiger charge is 2.24. The van der Waals surface area contributed by atoms with Gasteiger partial charge in [0.2, 0.25) is 5.90 Å². The molecule has 3 aromatic rings. The van der Waals surface area contributed by atoms with Crippen LogP contribution in [0.2, 0.25) is 15.1 Å². The lowest BCUT2D eigenvalue weighted by Gasteiger charge is -2.22. The van der Waals surface area contributed by atoms with Gasteiger partial charge in [0.1, 0.15) is 18.1 Å². The maximum atomic E-state index is 6.58. The normalized spacial score (nSPS) is 15.1. The molecule has 0 amide bonds. The van der Waals surface area contributed by atoms with Crippen LogP contribution in [-0.4, -0.2) is 15.4 Å². The SMILES string of the molecule is CCc1c(CO/C(=N\N)C2CCCCC2)nc(-c2ccc(Cl)cc2Cl)n1-c1ccc(Cl)cc1. The average Bonchev–Trinajstić information content (AvgIpc) is 3.19. The number of hydrogen-bond acceptors (Lipinski definition) is 4. The van der Waals surface area contributed by atoms with E-state index >= 15 is 0 Å². The molecule has 33 heavy (non-hydrogen) atoms. The summed E-state index contributed by atoms with van der Waals surface area (Å²) in [6.07, 6.45) is 6.47. The third kappa shape index (κ3) is 5.32. The van der Waals surface area contributed by atoms with E-state index in [4.69, 9.17) is 50.4 Å². The fourth-order valence-corrected chi connectivity index (χ4v) is 5.07. The van der Waals surface area contributed by atoms with Gasteiger partial charge in [0, 0.05) is 32.9 Å². The Kier molecular flexibility index (Phi) is 7.84. The van der Waals surface area contributed by atoms with Crippen molar-refractivity contribution < 1.29 is 4.74 Å². The van der Waals surface area contributed by atoms with Crippen molar-refractivity contribution in [3.63, 3.8) is 0 Å². The number of rotatable bonds is 6. The Balaban J connectivity index is 1.75. The van der Waals surface area contributed by atoms with E-state index in [1.807, 2.05) is 36.4 Å². The third-order valence-electron chi connectivity index (χ3n) is 6.09. The maximum Gasteiger partial charge on any atom is 0.209 e. The lowest BCUT2D eigenvalue weighted by atomic mass is 9.89. The van der Waals surface area contributed by atoms with Crippen LogP contribution >= 0.6 is 34.8 Å². The maximum absolute atomic E-state index is 6.58. The predicted molar refractivity (Wildman–Crippen MR) is 136 cm³/mol. The number of aromatic nitrogens is 2. The first-order valence-corrected chi connectivity index (χ1v) is 12.4. The van der Waals surface area contributed by atoms with Gasteiger partial charge in [-0.3, -0.25) is 4.57 Å². The smallest absolute Gasteiger partial charge is 0.209 e. The molecule has 5 nitrogen and oxygen atoms in total. The van der Waals surface area contributed by atoms with Crippen LogP contribution in [0.5, 0.6) is 0 Å². The van der Waals surface area contributed by atoms with Crippen molar-refractivity contribution in [2.45, 2.75) is 52.1 Å². The first-order valence-electron chi connectivity index (χ1n) is 11.2. The quantitative estimate of drug-likeness (QED) is 0.164. The third-order valence-corrected chi connectivity index (χ3v) is 6.89. The van der Waals surface area contributed by atoms with Gasteiger partial charge in [0.15, 0.2) is 0 Å². The molecule has 0 saturated heterocycles. The van der Waals surface area contributed by atoms with Crippen LogP contribution in [-0.2, 0) is 17.8 Å². The van der Waals surface area contributed by atoms with Crippen molar-refractivity contribution in [3.05, 3.63) is 68.9 Å². The highest BCUT2D eigenvalue weighted by molar-refractivity contribution is 6.36. The van der Waals surface area contributed by atoms with Gasteiger partial charge in [-0.05, 0) is 61.7 Å². The standard InChI is InChI=1S/C25H27Cl3N4O/c1-2-23-22(15-33-25(31-29)16-6-4-3-5-7-16)30-24(20-13-10-18(27)14-21(20)28)32(23)19-11-8-17(26)9-12-19/h8-14,16H,2-7,15,29H2,1H3/b31-25-. The molecule has 1 aliphatic carbocycles. The second-order valence-corrected chi connectivity index (χ2v) is 9.49. The zero-order valence-electron chi connectivity index (χ0n) is 18.5. The number of nitrogens with zero attached hydrogens (tertiary/aromatic N) is 3. The molecule has 0 radical (unpaired) electrons. The Hall–Kier alpha value is -2.21. The molecule has 4 rings (SSSR count). The molecule has 1 aromatic heterocycles. The fraction of sp³-hybridized carbons (Fsp3) is 0.360.